The molecule has 2 atom stereocenters. The van der Waals surface area contributed by atoms with Gasteiger partial charge >= 0.3 is 0 Å². The minimum absolute atomic E-state index is 0.219. The molecule has 0 bridgehead atoms. The molecule has 2 saturated heterocycles. The molecule has 4 nitrogen and oxygen atoms in total. The number of morpholine rings is 1. The van der Waals surface area contributed by atoms with Crippen LogP contribution in [0.1, 0.15) is 33.1 Å². The topological polar surface area (TPSA) is 35.9 Å². The maximum atomic E-state index is 10.3. The molecule has 2 heterocycles. The van der Waals surface area contributed by atoms with Gasteiger partial charge in [-0.25, -0.2) is 0 Å². The first kappa shape index (κ1) is 16.2. The van der Waals surface area contributed by atoms with Gasteiger partial charge in [0.15, 0.2) is 0 Å². The van der Waals surface area contributed by atoms with Crippen molar-refractivity contribution in [3.8, 4) is 0 Å². The Morgan fingerprint density at radius 1 is 1.00 bits per heavy atom. The predicted octanol–water partition coefficient (Wildman–Crippen LogP) is 1.44. The molecule has 2 aliphatic rings. The molecule has 0 aromatic carbocycles. The van der Waals surface area contributed by atoms with Gasteiger partial charge in [0.1, 0.15) is 0 Å². The van der Waals surface area contributed by atoms with Gasteiger partial charge in [0.25, 0.3) is 0 Å². The van der Waals surface area contributed by atoms with Crippen LogP contribution in [0.25, 0.3) is 0 Å². The molecule has 2 fully saturated rings. The van der Waals surface area contributed by atoms with Gasteiger partial charge in [-0.1, -0.05) is 13.8 Å². The van der Waals surface area contributed by atoms with Crippen LogP contribution >= 0.6 is 0 Å². The Morgan fingerprint density at radius 3 is 2.30 bits per heavy atom. The highest BCUT2D eigenvalue weighted by Crippen LogP contribution is 2.24. The molecule has 2 unspecified atom stereocenters. The second-order valence-electron chi connectivity index (χ2n) is 6.80. The summed E-state index contributed by atoms with van der Waals surface area (Å²) in [6, 6.07) is 0. The third-order valence-corrected chi connectivity index (χ3v) is 4.85. The molecule has 2 rings (SSSR count). The summed E-state index contributed by atoms with van der Waals surface area (Å²) in [6.45, 7) is 12.2. The molecule has 0 saturated carbocycles. The number of aliphatic hydroxyl groups excluding tert-OH is 1. The lowest BCUT2D eigenvalue weighted by molar-refractivity contribution is 0.00707. The Labute approximate surface area is 124 Å². The monoisotopic (exact) mass is 284 g/mol. The molecule has 4 heteroatoms. The largest absolute Gasteiger partial charge is 0.390 e. The van der Waals surface area contributed by atoms with Gasteiger partial charge < -0.3 is 14.7 Å². The second-order valence-corrected chi connectivity index (χ2v) is 6.80. The van der Waals surface area contributed by atoms with Crippen LogP contribution in [-0.2, 0) is 4.74 Å². The van der Waals surface area contributed by atoms with Crippen molar-refractivity contribution in [2.24, 2.45) is 11.8 Å². The summed E-state index contributed by atoms with van der Waals surface area (Å²) in [5, 5.41) is 10.3. The number of nitrogens with zero attached hydrogens (tertiary/aromatic N) is 2. The number of ether oxygens (including phenoxy) is 1. The number of likely N-dealkylation sites (tertiary alicyclic amines) is 1. The van der Waals surface area contributed by atoms with Crippen molar-refractivity contribution >= 4 is 0 Å². The first-order chi connectivity index (χ1) is 9.65. The quantitative estimate of drug-likeness (QED) is 0.829. The fourth-order valence-electron chi connectivity index (χ4n) is 3.47. The summed E-state index contributed by atoms with van der Waals surface area (Å²) in [6.07, 6.45) is 3.71. The summed E-state index contributed by atoms with van der Waals surface area (Å²) in [5.41, 5.74) is 0. The van der Waals surface area contributed by atoms with Gasteiger partial charge in [0.2, 0.25) is 0 Å². The number of rotatable bonds is 5. The smallest absolute Gasteiger partial charge is 0.0793 e. The van der Waals surface area contributed by atoms with Crippen molar-refractivity contribution in [3.63, 3.8) is 0 Å². The van der Waals surface area contributed by atoms with Crippen LogP contribution in [0.4, 0.5) is 0 Å². The zero-order valence-corrected chi connectivity index (χ0v) is 13.3. The number of hydrogen-bond acceptors (Lipinski definition) is 4. The Bertz CT molecular complexity index is 267. The van der Waals surface area contributed by atoms with Crippen LogP contribution < -0.4 is 0 Å². The molecule has 1 N–H and O–H groups in total. The van der Waals surface area contributed by atoms with Gasteiger partial charge in [0.05, 0.1) is 19.3 Å². The van der Waals surface area contributed by atoms with E-state index in [2.05, 4.69) is 23.6 Å². The van der Waals surface area contributed by atoms with Crippen LogP contribution in [0.3, 0.4) is 0 Å². The number of aliphatic hydroxyl groups is 1. The summed E-state index contributed by atoms with van der Waals surface area (Å²) in [4.78, 5) is 4.79. The first-order valence-electron chi connectivity index (χ1n) is 8.35. The molecule has 0 amide bonds. The average molecular weight is 284 g/mol. The van der Waals surface area contributed by atoms with E-state index in [-0.39, 0.29) is 6.10 Å². The van der Waals surface area contributed by atoms with Crippen molar-refractivity contribution < 1.29 is 9.84 Å². The maximum Gasteiger partial charge on any atom is 0.0793 e. The van der Waals surface area contributed by atoms with Crippen molar-refractivity contribution in [2.75, 3.05) is 52.5 Å². The third kappa shape index (κ3) is 5.32. The van der Waals surface area contributed by atoms with E-state index >= 15 is 0 Å². The molecule has 0 aliphatic carbocycles. The van der Waals surface area contributed by atoms with Crippen LogP contribution in [-0.4, -0.2) is 73.5 Å². The van der Waals surface area contributed by atoms with E-state index < -0.39 is 0 Å². The third-order valence-electron chi connectivity index (χ3n) is 4.85. The molecular weight excluding hydrogens is 252 g/mol. The van der Waals surface area contributed by atoms with E-state index in [1.54, 1.807) is 0 Å². The fourth-order valence-corrected chi connectivity index (χ4v) is 3.47. The van der Waals surface area contributed by atoms with E-state index in [0.29, 0.717) is 0 Å². The molecule has 118 valence electrons. The predicted molar refractivity (Wildman–Crippen MR) is 81.9 cm³/mol. The summed E-state index contributed by atoms with van der Waals surface area (Å²) in [7, 11) is 0. The highest BCUT2D eigenvalue weighted by atomic mass is 16.5. The Hall–Kier alpha value is -0.160. The lowest BCUT2D eigenvalue weighted by Crippen LogP contribution is -2.44. The standard InChI is InChI=1S/C16H32N2O2/c1-14(2)15-4-3-6-17(7-5-15)12-16(19)13-18-8-10-20-11-9-18/h14-16,19H,3-13H2,1-2H3. The Morgan fingerprint density at radius 2 is 1.65 bits per heavy atom. The van der Waals surface area contributed by atoms with Crippen molar-refractivity contribution in [1.29, 1.82) is 0 Å². The van der Waals surface area contributed by atoms with Crippen LogP contribution in [0.2, 0.25) is 0 Å². The van der Waals surface area contributed by atoms with E-state index in [1.165, 1.54) is 19.3 Å². The first-order valence-corrected chi connectivity index (χ1v) is 8.35. The van der Waals surface area contributed by atoms with E-state index in [1.807, 2.05) is 0 Å². The summed E-state index contributed by atoms with van der Waals surface area (Å²) in [5.74, 6) is 1.67. The van der Waals surface area contributed by atoms with Crippen LogP contribution in [0.5, 0.6) is 0 Å². The maximum absolute atomic E-state index is 10.3. The molecule has 0 radical (unpaired) electrons. The molecule has 20 heavy (non-hydrogen) atoms. The zero-order valence-electron chi connectivity index (χ0n) is 13.3. The lowest BCUT2D eigenvalue weighted by atomic mass is 9.89. The van der Waals surface area contributed by atoms with Crippen molar-refractivity contribution in [3.05, 3.63) is 0 Å². The molecule has 0 aromatic heterocycles. The second kappa shape index (κ2) is 8.32. The SMILES string of the molecule is CC(C)C1CCCN(CC(O)CN2CCOCC2)CC1. The van der Waals surface area contributed by atoms with E-state index in [4.69, 9.17) is 4.74 Å². The lowest BCUT2D eigenvalue weighted by Gasteiger charge is -2.30. The molecule has 2 aliphatic heterocycles. The molecule has 0 aromatic rings. The van der Waals surface area contributed by atoms with Crippen LogP contribution in [0, 0.1) is 11.8 Å². The normalized spacial score (nSPS) is 28.5. The van der Waals surface area contributed by atoms with Gasteiger partial charge in [-0.15, -0.1) is 0 Å². The molecule has 0 spiro atoms. The molecular formula is C16H32N2O2. The fraction of sp³-hybridized carbons (Fsp3) is 1.00. The average Bonchev–Trinajstić information content (AvgIpc) is 2.65. The van der Waals surface area contributed by atoms with E-state index in [0.717, 1.165) is 64.3 Å². The zero-order chi connectivity index (χ0) is 14.4. The summed E-state index contributed by atoms with van der Waals surface area (Å²) >= 11 is 0. The minimum Gasteiger partial charge on any atom is -0.390 e. The van der Waals surface area contributed by atoms with Gasteiger partial charge in [-0.05, 0) is 44.2 Å². The highest BCUT2D eigenvalue weighted by molar-refractivity contribution is 4.76. The Kier molecular flexibility index (Phi) is 6.75. The van der Waals surface area contributed by atoms with E-state index in [9.17, 15) is 5.11 Å². The highest BCUT2D eigenvalue weighted by Gasteiger charge is 2.22. The van der Waals surface area contributed by atoms with Crippen LogP contribution in [0.15, 0.2) is 0 Å². The van der Waals surface area contributed by atoms with Crippen molar-refractivity contribution in [1.82, 2.24) is 9.80 Å². The number of hydrogen-bond donors (Lipinski definition) is 1. The van der Waals surface area contributed by atoms with Gasteiger partial charge in [-0.3, -0.25) is 4.90 Å². The summed E-state index contributed by atoms with van der Waals surface area (Å²) < 4.78 is 5.35. The number of β-amino-alcohol motifs (C(OH)–C–C–N with tert-alkyl or cyclic N) is 1. The van der Waals surface area contributed by atoms with Gasteiger partial charge in [-0.2, -0.15) is 0 Å². The minimum atomic E-state index is -0.219. The van der Waals surface area contributed by atoms with Crippen molar-refractivity contribution in [2.45, 2.75) is 39.2 Å². The Balaban J connectivity index is 1.69. The van der Waals surface area contributed by atoms with Gasteiger partial charge in [0, 0.05) is 26.2 Å².